The molecule has 0 spiro atoms. The summed E-state index contributed by atoms with van der Waals surface area (Å²) in [6.07, 6.45) is -3.80. The lowest BCUT2D eigenvalue weighted by molar-refractivity contribution is -0.137. The van der Waals surface area contributed by atoms with Gasteiger partial charge in [0.2, 0.25) is 0 Å². The Bertz CT molecular complexity index is 329. The summed E-state index contributed by atoms with van der Waals surface area (Å²) in [5, 5.41) is 0. The minimum absolute atomic E-state index is 0.285. The molecular weight excluding hydrogens is 205 g/mol. The van der Waals surface area contributed by atoms with Crippen LogP contribution in [0.4, 0.5) is 13.2 Å². The zero-order valence-corrected chi connectivity index (χ0v) is 8.85. The van der Waals surface area contributed by atoms with E-state index < -0.39 is 11.7 Å². The molecule has 15 heavy (non-hydrogen) atoms. The molecule has 0 heterocycles. The predicted octanol–water partition coefficient (Wildman–Crippen LogP) is 3.85. The molecule has 0 unspecified atom stereocenters. The average molecular weight is 218 g/mol. The van der Waals surface area contributed by atoms with Gasteiger partial charge in [-0.1, -0.05) is 19.9 Å². The summed E-state index contributed by atoms with van der Waals surface area (Å²) in [5.41, 5.74) is -0.103. The zero-order valence-electron chi connectivity index (χ0n) is 8.85. The van der Waals surface area contributed by atoms with Gasteiger partial charge in [0.1, 0.15) is 6.29 Å². The number of alkyl halides is 3. The first-order chi connectivity index (χ1) is 6.95. The van der Waals surface area contributed by atoms with Crippen molar-refractivity contribution in [2.45, 2.75) is 26.9 Å². The number of hydrogen-bond acceptors (Lipinski definition) is 1. The SMILES string of the molecule is CC.Cc1cc(C(F)(F)F)ccc1C=O. The summed E-state index contributed by atoms with van der Waals surface area (Å²) in [5.74, 6) is 0. The first-order valence-corrected chi connectivity index (χ1v) is 4.58. The smallest absolute Gasteiger partial charge is 0.298 e. The van der Waals surface area contributed by atoms with Crippen LogP contribution in [0.25, 0.3) is 0 Å². The second-order valence-electron chi connectivity index (χ2n) is 2.69. The standard InChI is InChI=1S/C9H7F3O.C2H6/c1-6-4-8(9(10,11)12)3-2-7(6)5-13;1-2/h2-5H,1H3;1-2H3. The topological polar surface area (TPSA) is 17.1 Å². The van der Waals surface area contributed by atoms with Crippen LogP contribution in [0.3, 0.4) is 0 Å². The van der Waals surface area contributed by atoms with Crippen molar-refractivity contribution in [2.24, 2.45) is 0 Å². The highest BCUT2D eigenvalue weighted by Gasteiger charge is 2.30. The Morgan fingerprint density at radius 1 is 1.20 bits per heavy atom. The van der Waals surface area contributed by atoms with Crippen molar-refractivity contribution in [1.29, 1.82) is 0 Å². The van der Waals surface area contributed by atoms with E-state index in [1.165, 1.54) is 13.0 Å². The molecule has 0 aliphatic heterocycles. The zero-order chi connectivity index (χ0) is 12.1. The Hall–Kier alpha value is -1.32. The van der Waals surface area contributed by atoms with Gasteiger partial charge in [-0.25, -0.2) is 0 Å². The average Bonchev–Trinajstić information content (AvgIpc) is 2.19. The Balaban J connectivity index is 0.000000921. The summed E-state index contributed by atoms with van der Waals surface area (Å²) < 4.78 is 36.3. The molecular formula is C11H13F3O. The summed E-state index contributed by atoms with van der Waals surface area (Å²) in [4.78, 5) is 10.3. The molecule has 4 heteroatoms. The van der Waals surface area contributed by atoms with Crippen molar-refractivity contribution >= 4 is 6.29 Å². The van der Waals surface area contributed by atoms with Gasteiger partial charge >= 0.3 is 6.18 Å². The van der Waals surface area contributed by atoms with Gasteiger partial charge in [-0.15, -0.1) is 0 Å². The highest BCUT2D eigenvalue weighted by Crippen LogP contribution is 2.29. The predicted molar refractivity (Wildman–Crippen MR) is 52.9 cm³/mol. The molecule has 0 atom stereocenters. The van der Waals surface area contributed by atoms with E-state index in [4.69, 9.17) is 0 Å². The number of rotatable bonds is 1. The highest BCUT2D eigenvalue weighted by atomic mass is 19.4. The Kier molecular flexibility index (Phi) is 5.05. The number of aldehydes is 1. The number of aryl methyl sites for hydroxylation is 1. The fourth-order valence-electron chi connectivity index (χ4n) is 0.984. The van der Waals surface area contributed by atoms with Gasteiger partial charge in [0.05, 0.1) is 5.56 Å². The van der Waals surface area contributed by atoms with Gasteiger partial charge in [0.25, 0.3) is 0 Å². The van der Waals surface area contributed by atoms with Gasteiger partial charge in [-0.3, -0.25) is 4.79 Å². The molecule has 0 aliphatic carbocycles. The lowest BCUT2D eigenvalue weighted by Gasteiger charge is -2.07. The summed E-state index contributed by atoms with van der Waals surface area (Å²) in [7, 11) is 0. The van der Waals surface area contributed by atoms with E-state index in [-0.39, 0.29) is 5.56 Å². The van der Waals surface area contributed by atoms with Crippen LogP contribution in [-0.2, 0) is 6.18 Å². The summed E-state index contributed by atoms with van der Waals surface area (Å²) in [6.45, 7) is 5.47. The molecule has 0 fully saturated rings. The number of carbonyl (C=O) groups is 1. The van der Waals surface area contributed by atoms with E-state index in [0.717, 1.165) is 12.1 Å². The van der Waals surface area contributed by atoms with Gasteiger partial charge in [0, 0.05) is 5.56 Å². The molecule has 0 bridgehead atoms. The molecule has 0 saturated heterocycles. The van der Waals surface area contributed by atoms with E-state index in [1.54, 1.807) is 0 Å². The second kappa shape index (κ2) is 5.53. The van der Waals surface area contributed by atoms with E-state index in [2.05, 4.69) is 0 Å². The molecule has 1 nitrogen and oxygen atoms in total. The van der Waals surface area contributed by atoms with Crippen molar-refractivity contribution in [3.8, 4) is 0 Å². The third-order valence-corrected chi connectivity index (χ3v) is 1.72. The maximum absolute atomic E-state index is 12.1. The van der Waals surface area contributed by atoms with Gasteiger partial charge in [-0.2, -0.15) is 13.2 Å². The van der Waals surface area contributed by atoms with Gasteiger partial charge in [0.15, 0.2) is 0 Å². The lowest BCUT2D eigenvalue weighted by atomic mass is 10.1. The van der Waals surface area contributed by atoms with E-state index in [9.17, 15) is 18.0 Å². The first-order valence-electron chi connectivity index (χ1n) is 4.58. The van der Waals surface area contributed by atoms with Crippen molar-refractivity contribution < 1.29 is 18.0 Å². The van der Waals surface area contributed by atoms with Crippen LogP contribution in [0.1, 0.15) is 35.3 Å². The number of hydrogen-bond donors (Lipinski definition) is 0. The third-order valence-electron chi connectivity index (χ3n) is 1.72. The fraction of sp³-hybridized carbons (Fsp3) is 0.364. The van der Waals surface area contributed by atoms with Crippen LogP contribution in [0, 0.1) is 6.92 Å². The quantitative estimate of drug-likeness (QED) is 0.654. The lowest BCUT2D eigenvalue weighted by Crippen LogP contribution is -2.05. The van der Waals surface area contributed by atoms with Crippen molar-refractivity contribution in [1.82, 2.24) is 0 Å². The van der Waals surface area contributed by atoms with Crippen molar-refractivity contribution in [2.75, 3.05) is 0 Å². The normalized spacial score (nSPS) is 10.3. The molecule has 0 aromatic heterocycles. The second-order valence-corrected chi connectivity index (χ2v) is 2.69. The minimum Gasteiger partial charge on any atom is -0.298 e. The van der Waals surface area contributed by atoms with Crippen LogP contribution in [-0.4, -0.2) is 6.29 Å². The van der Waals surface area contributed by atoms with Crippen molar-refractivity contribution in [3.63, 3.8) is 0 Å². The highest BCUT2D eigenvalue weighted by molar-refractivity contribution is 5.77. The van der Waals surface area contributed by atoms with E-state index in [1.807, 2.05) is 13.8 Å². The summed E-state index contributed by atoms with van der Waals surface area (Å²) in [6, 6.07) is 3.03. The van der Waals surface area contributed by atoms with Crippen LogP contribution >= 0.6 is 0 Å². The van der Waals surface area contributed by atoms with Crippen LogP contribution in [0.2, 0.25) is 0 Å². The molecule has 0 N–H and O–H groups in total. The van der Waals surface area contributed by atoms with Crippen molar-refractivity contribution in [3.05, 3.63) is 34.9 Å². The Morgan fingerprint density at radius 2 is 1.73 bits per heavy atom. The molecule has 84 valence electrons. The van der Waals surface area contributed by atoms with E-state index in [0.29, 0.717) is 11.8 Å². The van der Waals surface area contributed by atoms with Gasteiger partial charge < -0.3 is 0 Å². The Morgan fingerprint density at radius 3 is 2.07 bits per heavy atom. The van der Waals surface area contributed by atoms with Crippen LogP contribution < -0.4 is 0 Å². The monoisotopic (exact) mass is 218 g/mol. The first kappa shape index (κ1) is 13.7. The molecule has 0 radical (unpaired) electrons. The number of benzene rings is 1. The molecule has 1 aromatic rings. The van der Waals surface area contributed by atoms with Crippen LogP contribution in [0.15, 0.2) is 18.2 Å². The largest absolute Gasteiger partial charge is 0.416 e. The molecule has 0 aliphatic rings. The third kappa shape index (κ3) is 3.73. The number of carbonyl (C=O) groups excluding carboxylic acids is 1. The fourth-order valence-corrected chi connectivity index (χ4v) is 0.984. The molecule has 1 rings (SSSR count). The molecule has 1 aromatic carbocycles. The summed E-state index contributed by atoms with van der Waals surface area (Å²) >= 11 is 0. The number of halogens is 3. The van der Waals surface area contributed by atoms with Gasteiger partial charge in [-0.05, 0) is 24.6 Å². The van der Waals surface area contributed by atoms with Crippen LogP contribution in [0.5, 0.6) is 0 Å². The maximum atomic E-state index is 12.1. The Labute approximate surface area is 86.9 Å². The molecule has 0 amide bonds. The maximum Gasteiger partial charge on any atom is 0.416 e. The minimum atomic E-state index is -4.34. The molecule has 0 saturated carbocycles. The van der Waals surface area contributed by atoms with E-state index >= 15 is 0 Å².